The van der Waals surface area contributed by atoms with Crippen LogP contribution in [0, 0.1) is 0 Å². The van der Waals surface area contributed by atoms with Crippen molar-refractivity contribution >= 4 is 35.7 Å². The number of carbonyl (C=O) groups is 2. The van der Waals surface area contributed by atoms with Crippen molar-refractivity contribution in [1.29, 1.82) is 0 Å². The lowest BCUT2D eigenvalue weighted by Crippen LogP contribution is -2.39. The molecule has 136 valence electrons. The summed E-state index contributed by atoms with van der Waals surface area (Å²) in [7, 11) is 0. The molecule has 7 nitrogen and oxygen atoms in total. The standard InChI is InChI=1S/C18H21N5O2S/c24-16(19-12-17(25)23-10-4-5-11-23)13-26-18-20-15(21-22-18)9-8-14-6-2-1-3-7-14/h1-3,6-9H,4-5,10-13H2,(H,19,24)(H,20,21,22)/b9-8+. The Morgan fingerprint density at radius 1 is 1.19 bits per heavy atom. The molecule has 26 heavy (non-hydrogen) atoms. The van der Waals surface area contributed by atoms with Gasteiger partial charge in [0.2, 0.25) is 17.0 Å². The Morgan fingerprint density at radius 3 is 2.73 bits per heavy atom. The summed E-state index contributed by atoms with van der Waals surface area (Å²) in [5.41, 5.74) is 1.07. The fraction of sp³-hybridized carbons (Fsp3) is 0.333. The summed E-state index contributed by atoms with van der Waals surface area (Å²) in [6, 6.07) is 9.89. The highest BCUT2D eigenvalue weighted by Gasteiger charge is 2.18. The van der Waals surface area contributed by atoms with Crippen LogP contribution in [0.5, 0.6) is 0 Å². The van der Waals surface area contributed by atoms with Gasteiger partial charge in [-0.3, -0.25) is 14.7 Å². The van der Waals surface area contributed by atoms with Gasteiger partial charge in [0.05, 0.1) is 12.3 Å². The van der Waals surface area contributed by atoms with E-state index in [1.165, 1.54) is 11.8 Å². The van der Waals surface area contributed by atoms with Gasteiger partial charge in [-0.05, 0) is 24.5 Å². The number of aromatic nitrogens is 3. The van der Waals surface area contributed by atoms with Crippen molar-refractivity contribution < 1.29 is 9.59 Å². The molecule has 0 spiro atoms. The molecular weight excluding hydrogens is 350 g/mol. The van der Waals surface area contributed by atoms with Crippen LogP contribution in [0.3, 0.4) is 0 Å². The summed E-state index contributed by atoms with van der Waals surface area (Å²) in [4.78, 5) is 29.8. The molecular formula is C18H21N5O2S. The number of rotatable bonds is 7. The third-order valence-corrected chi connectivity index (χ3v) is 4.79. The van der Waals surface area contributed by atoms with Crippen molar-refractivity contribution in [2.24, 2.45) is 0 Å². The third-order valence-electron chi connectivity index (χ3n) is 3.94. The Morgan fingerprint density at radius 2 is 1.96 bits per heavy atom. The molecule has 0 saturated carbocycles. The van der Waals surface area contributed by atoms with E-state index < -0.39 is 0 Å². The highest BCUT2D eigenvalue weighted by atomic mass is 32.2. The molecule has 0 bridgehead atoms. The van der Waals surface area contributed by atoms with Crippen molar-refractivity contribution in [1.82, 2.24) is 25.4 Å². The zero-order valence-electron chi connectivity index (χ0n) is 14.4. The molecule has 1 aliphatic rings. The number of hydrogen-bond acceptors (Lipinski definition) is 5. The predicted octanol–water partition coefficient (Wildman–Crippen LogP) is 1.81. The van der Waals surface area contributed by atoms with Gasteiger partial charge in [0, 0.05) is 13.1 Å². The van der Waals surface area contributed by atoms with Crippen molar-refractivity contribution in [2.45, 2.75) is 18.0 Å². The van der Waals surface area contributed by atoms with E-state index >= 15 is 0 Å². The molecule has 2 amide bonds. The summed E-state index contributed by atoms with van der Waals surface area (Å²) in [6.07, 6.45) is 5.86. The third kappa shape index (κ3) is 5.45. The second kappa shape index (κ2) is 9.19. The zero-order valence-corrected chi connectivity index (χ0v) is 15.2. The average Bonchev–Trinajstić information content (AvgIpc) is 3.35. The van der Waals surface area contributed by atoms with Gasteiger partial charge >= 0.3 is 0 Å². The van der Waals surface area contributed by atoms with E-state index in [9.17, 15) is 9.59 Å². The van der Waals surface area contributed by atoms with E-state index in [-0.39, 0.29) is 24.1 Å². The molecule has 1 saturated heterocycles. The lowest BCUT2D eigenvalue weighted by Gasteiger charge is -2.15. The first-order valence-electron chi connectivity index (χ1n) is 8.53. The molecule has 2 heterocycles. The minimum absolute atomic E-state index is 0.0212. The van der Waals surface area contributed by atoms with Crippen LogP contribution in [0.2, 0.25) is 0 Å². The highest BCUT2D eigenvalue weighted by molar-refractivity contribution is 7.99. The van der Waals surface area contributed by atoms with Crippen LogP contribution in [0.4, 0.5) is 0 Å². The van der Waals surface area contributed by atoms with Crippen LogP contribution in [-0.4, -0.2) is 57.3 Å². The lowest BCUT2D eigenvalue weighted by molar-refractivity contribution is -0.131. The molecule has 1 fully saturated rings. The summed E-state index contributed by atoms with van der Waals surface area (Å²) >= 11 is 1.23. The number of carbonyl (C=O) groups excluding carboxylic acids is 2. The molecule has 2 N–H and O–H groups in total. The van der Waals surface area contributed by atoms with Crippen LogP contribution < -0.4 is 5.32 Å². The largest absolute Gasteiger partial charge is 0.346 e. The Kier molecular flexibility index (Phi) is 6.43. The van der Waals surface area contributed by atoms with Gasteiger partial charge in [-0.2, -0.15) is 0 Å². The molecule has 2 aromatic rings. The number of nitrogens with one attached hydrogen (secondary N) is 2. The molecule has 0 aliphatic carbocycles. The second-order valence-electron chi connectivity index (χ2n) is 5.90. The molecule has 1 aromatic heterocycles. The van der Waals surface area contributed by atoms with Crippen LogP contribution in [-0.2, 0) is 9.59 Å². The molecule has 3 rings (SSSR count). The fourth-order valence-electron chi connectivity index (χ4n) is 2.57. The van der Waals surface area contributed by atoms with Crippen LogP contribution in [0.25, 0.3) is 12.2 Å². The lowest BCUT2D eigenvalue weighted by atomic mass is 10.2. The van der Waals surface area contributed by atoms with Gasteiger partial charge in [0.15, 0.2) is 0 Å². The van der Waals surface area contributed by atoms with Gasteiger partial charge in [0.1, 0.15) is 5.82 Å². The average molecular weight is 371 g/mol. The number of likely N-dealkylation sites (tertiary alicyclic amines) is 1. The number of benzene rings is 1. The monoisotopic (exact) mass is 371 g/mol. The van der Waals surface area contributed by atoms with Crippen molar-refractivity contribution in [2.75, 3.05) is 25.4 Å². The smallest absolute Gasteiger partial charge is 0.241 e. The highest BCUT2D eigenvalue weighted by Crippen LogP contribution is 2.13. The molecule has 0 atom stereocenters. The Bertz CT molecular complexity index is 769. The maximum absolute atomic E-state index is 11.9. The number of thioether (sulfide) groups is 1. The summed E-state index contributed by atoms with van der Waals surface area (Å²) in [6.45, 7) is 1.64. The topological polar surface area (TPSA) is 91.0 Å². The van der Waals surface area contributed by atoms with Crippen LogP contribution in [0.1, 0.15) is 24.2 Å². The maximum Gasteiger partial charge on any atom is 0.241 e. The minimum atomic E-state index is -0.200. The number of nitrogens with zero attached hydrogens (tertiary/aromatic N) is 3. The summed E-state index contributed by atoms with van der Waals surface area (Å²) < 4.78 is 0. The molecule has 8 heteroatoms. The van der Waals surface area contributed by atoms with Gasteiger partial charge in [-0.25, -0.2) is 4.98 Å². The van der Waals surface area contributed by atoms with E-state index in [0.29, 0.717) is 11.0 Å². The first kappa shape index (κ1) is 18.2. The molecule has 1 aromatic carbocycles. The summed E-state index contributed by atoms with van der Waals surface area (Å²) in [5, 5.41) is 10.1. The van der Waals surface area contributed by atoms with Crippen LogP contribution >= 0.6 is 11.8 Å². The number of amides is 2. The van der Waals surface area contributed by atoms with Gasteiger partial charge < -0.3 is 10.2 Å². The fourth-order valence-corrected chi connectivity index (χ4v) is 3.21. The SMILES string of the molecule is O=C(CSc1n[nH]c(/C=C/c2ccccc2)n1)NCC(=O)N1CCCC1. The van der Waals surface area contributed by atoms with E-state index in [4.69, 9.17) is 0 Å². The van der Waals surface area contributed by atoms with Crippen molar-refractivity contribution in [3.63, 3.8) is 0 Å². The van der Waals surface area contributed by atoms with Crippen LogP contribution in [0.15, 0.2) is 35.5 Å². The number of H-pyrrole nitrogens is 1. The minimum Gasteiger partial charge on any atom is -0.346 e. The van der Waals surface area contributed by atoms with Gasteiger partial charge in [0.25, 0.3) is 0 Å². The maximum atomic E-state index is 11.9. The first-order chi connectivity index (χ1) is 12.7. The van der Waals surface area contributed by atoms with Crippen molar-refractivity contribution in [3.05, 3.63) is 41.7 Å². The Balaban J connectivity index is 1.40. The molecule has 0 unspecified atom stereocenters. The summed E-state index contributed by atoms with van der Waals surface area (Å²) in [5.74, 6) is 0.578. The normalized spacial score (nSPS) is 14.1. The Hall–Kier alpha value is -2.61. The predicted molar refractivity (Wildman–Crippen MR) is 101 cm³/mol. The van der Waals surface area contributed by atoms with E-state index in [0.717, 1.165) is 31.5 Å². The van der Waals surface area contributed by atoms with E-state index in [2.05, 4.69) is 20.5 Å². The number of hydrogen-bond donors (Lipinski definition) is 2. The Labute approximate surface area is 156 Å². The van der Waals surface area contributed by atoms with E-state index in [1.807, 2.05) is 42.5 Å². The first-order valence-corrected chi connectivity index (χ1v) is 9.52. The number of aromatic amines is 1. The van der Waals surface area contributed by atoms with Gasteiger partial charge in [-0.1, -0.05) is 48.2 Å². The second-order valence-corrected chi connectivity index (χ2v) is 6.84. The van der Waals surface area contributed by atoms with Gasteiger partial charge in [-0.15, -0.1) is 5.10 Å². The molecule has 1 aliphatic heterocycles. The quantitative estimate of drug-likeness (QED) is 0.725. The molecule has 0 radical (unpaired) electrons. The zero-order chi connectivity index (χ0) is 18.2. The van der Waals surface area contributed by atoms with E-state index in [1.54, 1.807) is 4.90 Å². The van der Waals surface area contributed by atoms with Crippen molar-refractivity contribution in [3.8, 4) is 0 Å².